The molecule has 12 heavy (non-hydrogen) atoms. The van der Waals surface area contributed by atoms with Crippen molar-refractivity contribution in [2.45, 2.75) is 0 Å². The van der Waals surface area contributed by atoms with Gasteiger partial charge in [-0.1, -0.05) is 0 Å². The predicted molar refractivity (Wildman–Crippen MR) is 42.1 cm³/mol. The summed E-state index contributed by atoms with van der Waals surface area (Å²) in [6.45, 7) is 0.486. The molecule has 4 N–H and O–H groups in total. The summed E-state index contributed by atoms with van der Waals surface area (Å²) in [4.78, 5) is 0. The summed E-state index contributed by atoms with van der Waals surface area (Å²) in [7, 11) is 0.0625. The lowest BCUT2D eigenvalue weighted by molar-refractivity contribution is -0.901. The lowest BCUT2D eigenvalue weighted by Crippen LogP contribution is -2.50. The third kappa shape index (κ3) is 22.6. The smallest absolute Gasteiger partial charge is 0.217 e. The van der Waals surface area contributed by atoms with E-state index in [-0.39, 0.29) is 0 Å². The summed E-state index contributed by atoms with van der Waals surface area (Å²) in [6.07, 6.45) is 0. The summed E-state index contributed by atoms with van der Waals surface area (Å²) < 4.78 is 31.4. The molecule has 7 nitrogen and oxygen atoms in total. The van der Waals surface area contributed by atoms with E-state index in [1.165, 1.54) is 0 Å². The van der Waals surface area contributed by atoms with Crippen LogP contribution >= 0.6 is 0 Å². The zero-order chi connectivity index (χ0) is 10.4. The van der Waals surface area contributed by atoms with Crippen molar-refractivity contribution >= 4 is 10.4 Å². The molecule has 0 aliphatic carbocycles. The largest absolute Gasteiger partial charge is 0.726 e. The van der Waals surface area contributed by atoms with Gasteiger partial charge in [0.25, 0.3) is 0 Å². The first kappa shape index (κ1) is 14.3. The van der Waals surface area contributed by atoms with E-state index in [0.717, 1.165) is 7.11 Å². The molecule has 0 heterocycles. The van der Waals surface area contributed by atoms with E-state index < -0.39 is 10.4 Å². The Hall–Kier alpha value is -0.250. The monoisotopic (exact) mass is 201 g/mol. The minimum atomic E-state index is -4.41. The summed E-state index contributed by atoms with van der Waals surface area (Å²) in [6, 6.07) is 0. The molecular weight excluding hydrogens is 186 g/mol. The van der Waals surface area contributed by atoms with Crippen LogP contribution in [0, 0.1) is 0 Å². The SMILES string of the molecule is COS(=O)(=O)[O-].C[N+](C)(N)CN. The Bertz CT molecular complexity index is 195. The highest BCUT2D eigenvalue weighted by Crippen LogP contribution is 1.74. The third-order valence-corrected chi connectivity index (χ3v) is 1.08. The number of quaternary nitrogens is 1. The summed E-state index contributed by atoms with van der Waals surface area (Å²) in [5.74, 6) is 5.35. The molecule has 0 atom stereocenters. The van der Waals surface area contributed by atoms with E-state index in [1.54, 1.807) is 0 Å². The first-order chi connectivity index (χ1) is 5.12. The van der Waals surface area contributed by atoms with Gasteiger partial charge in [-0.25, -0.2) is 13.0 Å². The predicted octanol–water partition coefficient (Wildman–Crippen LogP) is -2.05. The Morgan fingerprint density at radius 2 is 1.67 bits per heavy atom. The van der Waals surface area contributed by atoms with Crippen LogP contribution in [0.3, 0.4) is 0 Å². The van der Waals surface area contributed by atoms with Gasteiger partial charge in [0.2, 0.25) is 10.4 Å². The standard InChI is InChI=1S/C3H12N3.CH4O4S/c1-6(2,5)3-4;1-5-6(2,3)4/h3-5H2,1-2H3;1H3,(H,2,3,4)/q+1;/p-1. The van der Waals surface area contributed by atoms with Crippen LogP contribution in [0.1, 0.15) is 0 Å². The number of hydrogen-bond acceptors (Lipinski definition) is 6. The van der Waals surface area contributed by atoms with Crippen molar-refractivity contribution in [3.8, 4) is 0 Å². The van der Waals surface area contributed by atoms with E-state index in [0.29, 0.717) is 11.3 Å². The van der Waals surface area contributed by atoms with Crippen LogP contribution in [0.2, 0.25) is 0 Å². The average molecular weight is 201 g/mol. The van der Waals surface area contributed by atoms with Crippen molar-refractivity contribution in [2.24, 2.45) is 11.6 Å². The van der Waals surface area contributed by atoms with Gasteiger partial charge in [-0.15, -0.1) is 0 Å². The van der Waals surface area contributed by atoms with Crippen LogP contribution in [0.4, 0.5) is 0 Å². The Kier molecular flexibility index (Phi) is 6.43. The maximum absolute atomic E-state index is 9.22. The molecule has 0 radical (unpaired) electrons. The molecule has 0 fully saturated rings. The van der Waals surface area contributed by atoms with Crippen molar-refractivity contribution in [1.29, 1.82) is 0 Å². The van der Waals surface area contributed by atoms with Crippen molar-refractivity contribution < 1.29 is 21.7 Å². The highest BCUT2D eigenvalue weighted by atomic mass is 32.3. The summed E-state index contributed by atoms with van der Waals surface area (Å²) >= 11 is 0. The Morgan fingerprint density at radius 1 is 1.50 bits per heavy atom. The van der Waals surface area contributed by atoms with Gasteiger partial charge in [0.1, 0.15) is 6.67 Å². The Labute approximate surface area is 72.4 Å². The van der Waals surface area contributed by atoms with Crippen LogP contribution < -0.4 is 11.6 Å². The number of hydrogen-bond donors (Lipinski definition) is 2. The first-order valence-electron chi connectivity index (χ1n) is 2.95. The second kappa shape index (κ2) is 5.41. The molecule has 0 aromatic heterocycles. The highest BCUT2D eigenvalue weighted by molar-refractivity contribution is 7.80. The third-order valence-electron chi connectivity index (χ3n) is 0.675. The van der Waals surface area contributed by atoms with Crippen LogP contribution in [0.15, 0.2) is 0 Å². The zero-order valence-electron chi connectivity index (χ0n) is 7.35. The normalized spacial score (nSPS) is 11.8. The lowest BCUT2D eigenvalue weighted by Gasteiger charge is -2.18. The first-order valence-corrected chi connectivity index (χ1v) is 4.29. The van der Waals surface area contributed by atoms with Gasteiger partial charge >= 0.3 is 0 Å². The van der Waals surface area contributed by atoms with E-state index in [1.807, 2.05) is 14.1 Å². The Morgan fingerprint density at radius 3 is 1.67 bits per heavy atom. The molecule has 0 aliphatic heterocycles. The molecular formula is C4H15N3O4S. The van der Waals surface area contributed by atoms with Crippen molar-refractivity contribution in [3.05, 3.63) is 0 Å². The van der Waals surface area contributed by atoms with Gasteiger partial charge < -0.3 is 4.55 Å². The average Bonchev–Trinajstić information content (AvgIpc) is 1.86. The molecule has 0 rings (SSSR count). The van der Waals surface area contributed by atoms with Gasteiger partial charge in [-0.05, 0) is 0 Å². The second-order valence-electron chi connectivity index (χ2n) is 2.54. The lowest BCUT2D eigenvalue weighted by atomic mass is 10.8. The van der Waals surface area contributed by atoms with Gasteiger partial charge in [-0.3, -0.25) is 9.92 Å². The number of nitrogens with zero attached hydrogens (tertiary/aromatic N) is 1. The maximum atomic E-state index is 9.22. The van der Waals surface area contributed by atoms with E-state index in [9.17, 15) is 13.0 Å². The second-order valence-corrected chi connectivity index (χ2v) is 3.69. The van der Waals surface area contributed by atoms with Crippen LogP contribution in [0.5, 0.6) is 0 Å². The molecule has 0 bridgehead atoms. The Balaban J connectivity index is 0. The van der Waals surface area contributed by atoms with E-state index >= 15 is 0 Å². The van der Waals surface area contributed by atoms with E-state index in [2.05, 4.69) is 4.18 Å². The van der Waals surface area contributed by atoms with Gasteiger partial charge in [0.15, 0.2) is 0 Å². The molecule has 0 saturated carbocycles. The van der Waals surface area contributed by atoms with Crippen LogP contribution in [-0.4, -0.2) is 45.4 Å². The fourth-order valence-corrected chi connectivity index (χ4v) is 0. The van der Waals surface area contributed by atoms with Crippen LogP contribution in [0.25, 0.3) is 0 Å². The van der Waals surface area contributed by atoms with E-state index in [4.69, 9.17) is 11.6 Å². The molecule has 0 aromatic rings. The summed E-state index contributed by atoms with van der Waals surface area (Å²) in [5.41, 5.74) is 5.15. The molecule has 0 unspecified atom stereocenters. The molecule has 8 heteroatoms. The molecule has 0 amide bonds. The van der Waals surface area contributed by atoms with Gasteiger partial charge in [0, 0.05) is 0 Å². The molecule has 0 aliphatic rings. The van der Waals surface area contributed by atoms with Crippen molar-refractivity contribution in [2.75, 3.05) is 27.9 Å². The fourth-order valence-electron chi connectivity index (χ4n) is 0. The van der Waals surface area contributed by atoms with Crippen LogP contribution in [-0.2, 0) is 14.6 Å². The highest BCUT2D eigenvalue weighted by Gasteiger charge is 1.99. The molecule has 76 valence electrons. The number of nitrogens with two attached hydrogens (primary N) is 2. The summed E-state index contributed by atoms with van der Waals surface area (Å²) in [5, 5.41) is 0. The quantitative estimate of drug-likeness (QED) is 0.132. The van der Waals surface area contributed by atoms with Gasteiger partial charge in [0.05, 0.1) is 21.2 Å². The minimum absolute atomic E-state index is 0.347. The van der Waals surface area contributed by atoms with Crippen molar-refractivity contribution in [1.82, 2.24) is 0 Å². The molecule has 0 aromatic carbocycles. The molecule has 0 spiro atoms. The zero-order valence-corrected chi connectivity index (χ0v) is 8.17. The van der Waals surface area contributed by atoms with Crippen molar-refractivity contribution in [3.63, 3.8) is 0 Å². The molecule has 0 saturated heterocycles. The number of rotatable bonds is 2. The topological polar surface area (TPSA) is 118 Å². The van der Waals surface area contributed by atoms with Gasteiger partial charge in [-0.2, -0.15) is 5.84 Å². The maximum Gasteiger partial charge on any atom is 0.217 e. The fraction of sp³-hybridized carbons (Fsp3) is 1.00. The minimum Gasteiger partial charge on any atom is -0.726 e.